The third kappa shape index (κ3) is 3.08. The van der Waals surface area contributed by atoms with Gasteiger partial charge in [0.25, 0.3) is 5.91 Å². The van der Waals surface area contributed by atoms with E-state index in [1.807, 2.05) is 19.0 Å². The minimum absolute atomic E-state index is 0.00411. The second-order valence-corrected chi connectivity index (χ2v) is 10.3. The standard InChI is InChI=1S/C20H29N3O3S/c1-23(2)19-22-16(14-4-3-5-26-14)17(27-19)18(24)21-15-12-6-11-7-13(15)10-20(25,8-11)9-12/h11-15,25H,3-10H2,1-2H3,(H,21,24)/t11?,12?,13?,14-,15?,20?/m1/s1. The number of hydrogen-bond donors (Lipinski definition) is 2. The number of hydrogen-bond acceptors (Lipinski definition) is 6. The third-order valence-corrected chi connectivity index (χ3v) is 8.24. The molecule has 2 N–H and O–H groups in total. The van der Waals surface area contributed by atoms with E-state index in [1.165, 1.54) is 11.3 Å². The van der Waals surface area contributed by atoms with Gasteiger partial charge in [0.1, 0.15) is 11.0 Å². The highest BCUT2D eigenvalue weighted by Gasteiger charge is 2.55. The van der Waals surface area contributed by atoms with Crippen molar-refractivity contribution in [1.82, 2.24) is 10.3 Å². The van der Waals surface area contributed by atoms with Gasteiger partial charge in [-0.15, -0.1) is 0 Å². The summed E-state index contributed by atoms with van der Waals surface area (Å²) in [6.45, 7) is 0.743. The Morgan fingerprint density at radius 1 is 1.30 bits per heavy atom. The van der Waals surface area contributed by atoms with Crippen LogP contribution in [0.25, 0.3) is 0 Å². The SMILES string of the molecule is CN(C)c1nc([C@H]2CCCO2)c(C(=O)NC2C3CC4CC2CC(O)(C4)C3)s1. The van der Waals surface area contributed by atoms with Crippen LogP contribution in [-0.4, -0.2) is 48.3 Å². The lowest BCUT2D eigenvalue weighted by atomic mass is 9.52. The summed E-state index contributed by atoms with van der Waals surface area (Å²) in [4.78, 5) is 20.6. The first-order chi connectivity index (χ1) is 12.9. The molecule has 27 heavy (non-hydrogen) atoms. The molecular formula is C20H29N3O3S. The number of aromatic nitrogens is 1. The van der Waals surface area contributed by atoms with Crippen molar-refractivity contribution in [1.29, 1.82) is 0 Å². The molecule has 6 rings (SSSR count). The van der Waals surface area contributed by atoms with Crippen LogP contribution in [0.5, 0.6) is 0 Å². The second-order valence-electron chi connectivity index (χ2n) is 9.30. The van der Waals surface area contributed by atoms with Gasteiger partial charge in [0.15, 0.2) is 5.13 Å². The molecule has 148 valence electrons. The number of amides is 1. The van der Waals surface area contributed by atoms with Crippen molar-refractivity contribution in [3.63, 3.8) is 0 Å². The number of ether oxygens (including phenoxy) is 1. The van der Waals surface area contributed by atoms with Gasteiger partial charge in [-0.1, -0.05) is 11.3 Å². The fourth-order valence-corrected chi connectivity index (χ4v) is 7.06. The molecule has 5 aliphatic rings. The Balaban J connectivity index is 1.38. The largest absolute Gasteiger partial charge is 0.390 e. The minimum Gasteiger partial charge on any atom is -0.390 e. The monoisotopic (exact) mass is 391 g/mol. The maximum atomic E-state index is 13.3. The fraction of sp³-hybridized carbons (Fsp3) is 0.800. The van der Waals surface area contributed by atoms with Gasteiger partial charge in [-0.05, 0) is 62.7 Å². The highest BCUT2D eigenvalue weighted by atomic mass is 32.1. The van der Waals surface area contributed by atoms with Crippen molar-refractivity contribution < 1.29 is 14.6 Å². The molecule has 4 bridgehead atoms. The lowest BCUT2D eigenvalue weighted by Gasteiger charge is -2.58. The van der Waals surface area contributed by atoms with Crippen molar-refractivity contribution in [3.8, 4) is 0 Å². The van der Waals surface area contributed by atoms with Crippen LogP contribution in [0.4, 0.5) is 5.13 Å². The molecular weight excluding hydrogens is 362 g/mol. The number of carbonyl (C=O) groups is 1. The van der Waals surface area contributed by atoms with E-state index in [-0.39, 0.29) is 18.1 Å². The quantitative estimate of drug-likeness (QED) is 0.826. The summed E-state index contributed by atoms with van der Waals surface area (Å²) < 4.78 is 5.83. The van der Waals surface area contributed by atoms with Crippen molar-refractivity contribution in [2.75, 3.05) is 25.6 Å². The Bertz CT molecular complexity index is 727. The fourth-order valence-electron chi connectivity index (χ4n) is 6.12. The zero-order valence-electron chi connectivity index (χ0n) is 16.1. The van der Waals surface area contributed by atoms with Crippen molar-refractivity contribution in [3.05, 3.63) is 10.6 Å². The molecule has 3 atom stereocenters. The molecule has 4 aliphatic carbocycles. The summed E-state index contributed by atoms with van der Waals surface area (Å²) in [5.41, 5.74) is 0.338. The average Bonchev–Trinajstić information content (AvgIpc) is 3.25. The molecule has 1 aliphatic heterocycles. The summed E-state index contributed by atoms with van der Waals surface area (Å²) in [6.07, 6.45) is 6.83. The molecule has 0 radical (unpaired) electrons. The Labute approximate surface area is 164 Å². The van der Waals surface area contributed by atoms with Gasteiger partial charge in [-0.2, -0.15) is 0 Å². The van der Waals surface area contributed by atoms with Gasteiger partial charge in [-0.25, -0.2) is 4.98 Å². The van der Waals surface area contributed by atoms with Crippen LogP contribution in [0.3, 0.4) is 0 Å². The molecule has 4 saturated carbocycles. The van der Waals surface area contributed by atoms with E-state index in [1.54, 1.807) is 0 Å². The van der Waals surface area contributed by atoms with Gasteiger partial charge < -0.3 is 20.1 Å². The first kappa shape index (κ1) is 17.9. The smallest absolute Gasteiger partial charge is 0.263 e. The van der Waals surface area contributed by atoms with Gasteiger partial charge in [0.2, 0.25) is 0 Å². The normalized spacial score (nSPS) is 39.7. The van der Waals surface area contributed by atoms with Gasteiger partial charge in [0.05, 0.1) is 11.3 Å². The number of carbonyl (C=O) groups excluding carboxylic acids is 1. The molecule has 0 aromatic carbocycles. The lowest BCUT2D eigenvalue weighted by molar-refractivity contribution is -0.136. The van der Waals surface area contributed by atoms with E-state index in [2.05, 4.69) is 5.32 Å². The van der Waals surface area contributed by atoms with Crippen LogP contribution in [0.2, 0.25) is 0 Å². The van der Waals surface area contributed by atoms with Crippen LogP contribution in [-0.2, 0) is 4.74 Å². The molecule has 1 aromatic heterocycles. The summed E-state index contributed by atoms with van der Waals surface area (Å²) in [5, 5.41) is 15.0. The van der Waals surface area contributed by atoms with E-state index < -0.39 is 5.60 Å². The lowest BCUT2D eigenvalue weighted by Crippen LogP contribution is -2.61. The molecule has 1 aromatic rings. The summed E-state index contributed by atoms with van der Waals surface area (Å²) >= 11 is 1.46. The van der Waals surface area contributed by atoms with E-state index in [0.717, 1.165) is 62.4 Å². The van der Waals surface area contributed by atoms with Gasteiger partial charge in [0, 0.05) is 26.7 Å². The van der Waals surface area contributed by atoms with Crippen LogP contribution in [0, 0.1) is 17.8 Å². The predicted octanol–water partition coefficient (Wildman–Crippen LogP) is 2.73. The molecule has 0 spiro atoms. The van der Waals surface area contributed by atoms with E-state index in [0.29, 0.717) is 22.6 Å². The Morgan fingerprint density at radius 3 is 2.63 bits per heavy atom. The first-order valence-corrected chi connectivity index (χ1v) is 11.1. The molecule has 2 heterocycles. The Kier molecular flexibility index (Phi) is 4.26. The van der Waals surface area contributed by atoms with E-state index >= 15 is 0 Å². The minimum atomic E-state index is -0.469. The number of thiazole rings is 1. The van der Waals surface area contributed by atoms with Crippen LogP contribution >= 0.6 is 11.3 Å². The van der Waals surface area contributed by atoms with Gasteiger partial charge in [-0.3, -0.25) is 4.79 Å². The Morgan fingerprint density at radius 2 is 2.04 bits per heavy atom. The maximum Gasteiger partial charge on any atom is 0.263 e. The van der Waals surface area contributed by atoms with Crippen LogP contribution < -0.4 is 10.2 Å². The highest BCUT2D eigenvalue weighted by Crippen LogP contribution is 2.55. The zero-order chi connectivity index (χ0) is 18.8. The van der Waals surface area contributed by atoms with Gasteiger partial charge >= 0.3 is 0 Å². The Hall–Kier alpha value is -1.18. The third-order valence-electron chi connectivity index (χ3n) is 7.00. The van der Waals surface area contributed by atoms with E-state index in [9.17, 15) is 9.90 Å². The zero-order valence-corrected chi connectivity index (χ0v) is 16.9. The van der Waals surface area contributed by atoms with Crippen molar-refractivity contribution >= 4 is 22.4 Å². The topological polar surface area (TPSA) is 74.7 Å². The summed E-state index contributed by atoms with van der Waals surface area (Å²) in [5.74, 6) is 1.47. The molecule has 1 saturated heterocycles. The van der Waals surface area contributed by atoms with Crippen LogP contribution in [0.15, 0.2) is 0 Å². The number of nitrogens with zero attached hydrogens (tertiary/aromatic N) is 2. The van der Waals surface area contributed by atoms with Crippen LogP contribution in [0.1, 0.15) is 66.4 Å². The first-order valence-electron chi connectivity index (χ1n) is 10.2. The van der Waals surface area contributed by atoms with Crippen molar-refractivity contribution in [2.45, 2.75) is 62.7 Å². The maximum absolute atomic E-state index is 13.3. The molecule has 2 unspecified atom stereocenters. The average molecular weight is 392 g/mol. The molecule has 7 heteroatoms. The van der Waals surface area contributed by atoms with Crippen molar-refractivity contribution in [2.24, 2.45) is 17.8 Å². The molecule has 6 nitrogen and oxygen atoms in total. The number of rotatable bonds is 4. The van der Waals surface area contributed by atoms with E-state index in [4.69, 9.17) is 9.72 Å². The number of nitrogens with one attached hydrogen (secondary N) is 1. The number of aliphatic hydroxyl groups is 1. The molecule has 1 amide bonds. The second kappa shape index (κ2) is 6.42. The number of anilines is 1. The predicted molar refractivity (Wildman–Crippen MR) is 104 cm³/mol. The summed E-state index contributed by atoms with van der Waals surface area (Å²) in [6, 6.07) is 0.191. The highest BCUT2D eigenvalue weighted by molar-refractivity contribution is 7.17. The summed E-state index contributed by atoms with van der Waals surface area (Å²) in [7, 11) is 3.91. The molecule has 5 fully saturated rings.